The first-order valence-electron chi connectivity index (χ1n) is 7.91. The van der Waals surface area contributed by atoms with Gasteiger partial charge in [-0.15, -0.1) is 0 Å². The highest BCUT2D eigenvalue weighted by atomic mass is 19.3. The Hall–Kier alpha value is -1.87. The molecule has 0 aliphatic rings. The van der Waals surface area contributed by atoms with Crippen molar-refractivity contribution in [3.63, 3.8) is 0 Å². The molecule has 0 aliphatic carbocycles. The van der Waals surface area contributed by atoms with E-state index in [0.29, 0.717) is 0 Å². The van der Waals surface area contributed by atoms with Gasteiger partial charge in [-0.2, -0.15) is 17.6 Å². The molecule has 148 valence electrons. The van der Waals surface area contributed by atoms with Crippen LogP contribution in [0, 0.1) is 5.41 Å². The monoisotopic (exact) mass is 381 g/mol. The number of carbonyl (C=O) groups is 1. The molecule has 0 heterocycles. The number of ether oxygens (including phenoxy) is 2. The number of aliphatic hydroxyl groups excluding tert-OH is 1. The fourth-order valence-electron chi connectivity index (χ4n) is 2.03. The van der Waals surface area contributed by atoms with Crippen LogP contribution in [0.4, 0.5) is 17.6 Å². The summed E-state index contributed by atoms with van der Waals surface area (Å²) < 4.78 is 57.9. The van der Waals surface area contributed by atoms with Gasteiger partial charge in [0.25, 0.3) is 0 Å². The van der Waals surface area contributed by atoms with E-state index in [1.165, 1.54) is 24.3 Å². The van der Waals surface area contributed by atoms with Gasteiger partial charge in [-0.25, -0.2) is 0 Å². The Labute approximate surface area is 149 Å². The van der Waals surface area contributed by atoms with Crippen LogP contribution in [-0.4, -0.2) is 36.9 Å². The van der Waals surface area contributed by atoms with E-state index in [0.717, 1.165) is 0 Å². The molecule has 2 atom stereocenters. The summed E-state index contributed by atoms with van der Waals surface area (Å²) >= 11 is 0. The van der Waals surface area contributed by atoms with Crippen molar-refractivity contribution >= 4 is 5.91 Å². The van der Waals surface area contributed by atoms with Gasteiger partial charge >= 0.3 is 13.2 Å². The van der Waals surface area contributed by atoms with Gasteiger partial charge in [-0.3, -0.25) is 4.79 Å². The van der Waals surface area contributed by atoms with Crippen molar-refractivity contribution in [1.82, 2.24) is 5.32 Å². The molecule has 0 bridgehead atoms. The zero-order chi connectivity index (χ0) is 19.9. The maximum Gasteiger partial charge on any atom is 0.387 e. The summed E-state index contributed by atoms with van der Waals surface area (Å²) in [5.41, 5.74) is -0.292. The predicted molar refractivity (Wildman–Crippen MR) is 86.0 cm³/mol. The number of aliphatic hydroxyl groups is 1. The number of rotatable bonds is 9. The summed E-state index contributed by atoms with van der Waals surface area (Å²) in [5, 5.41) is 12.5. The zero-order valence-electron chi connectivity index (χ0n) is 14.7. The molecule has 5 nitrogen and oxygen atoms in total. The number of carbonyl (C=O) groups excluding carboxylic acids is 1. The summed E-state index contributed by atoms with van der Waals surface area (Å²) in [6.07, 6.45) is -1.20. The molecule has 1 rings (SSSR count). The van der Waals surface area contributed by atoms with Crippen LogP contribution >= 0.6 is 0 Å². The van der Waals surface area contributed by atoms with E-state index in [9.17, 15) is 27.5 Å². The molecule has 26 heavy (non-hydrogen) atoms. The maximum absolute atomic E-state index is 12.4. The zero-order valence-corrected chi connectivity index (χ0v) is 14.7. The third-order valence-corrected chi connectivity index (χ3v) is 3.59. The Bertz CT molecular complexity index is 578. The second-order valence-corrected chi connectivity index (χ2v) is 6.75. The highest BCUT2D eigenvalue weighted by Gasteiger charge is 2.26. The van der Waals surface area contributed by atoms with Crippen molar-refractivity contribution in [1.29, 1.82) is 0 Å². The number of hydrogen-bond acceptors (Lipinski definition) is 4. The minimum Gasteiger partial charge on any atom is -0.435 e. The molecule has 0 saturated heterocycles. The molecule has 0 saturated carbocycles. The lowest BCUT2D eigenvalue weighted by Crippen LogP contribution is -2.37. The van der Waals surface area contributed by atoms with Gasteiger partial charge in [0.1, 0.15) is 5.75 Å². The molecule has 1 unspecified atom stereocenters. The van der Waals surface area contributed by atoms with Gasteiger partial charge in [0, 0.05) is 0 Å². The molecule has 2 N–H and O–H groups in total. The van der Waals surface area contributed by atoms with Crippen LogP contribution < -0.4 is 10.1 Å². The molecule has 0 radical (unpaired) electrons. The van der Waals surface area contributed by atoms with E-state index in [1.54, 1.807) is 20.8 Å². The molecule has 0 aromatic heterocycles. The van der Waals surface area contributed by atoms with Crippen LogP contribution in [0.15, 0.2) is 24.3 Å². The third-order valence-electron chi connectivity index (χ3n) is 3.59. The smallest absolute Gasteiger partial charge is 0.387 e. The van der Waals surface area contributed by atoms with Crippen LogP contribution in [0.5, 0.6) is 5.75 Å². The lowest BCUT2D eigenvalue weighted by Gasteiger charge is -2.26. The highest BCUT2D eigenvalue weighted by Crippen LogP contribution is 2.24. The van der Waals surface area contributed by atoms with Crippen LogP contribution in [0.2, 0.25) is 0 Å². The number of amides is 1. The highest BCUT2D eigenvalue weighted by molar-refractivity contribution is 5.77. The normalized spacial score (nSPS) is 14.4. The Morgan fingerprint density at radius 2 is 1.85 bits per heavy atom. The van der Waals surface area contributed by atoms with Gasteiger partial charge in [0.15, 0.2) is 0 Å². The Morgan fingerprint density at radius 1 is 1.19 bits per heavy atom. The number of nitrogens with one attached hydrogen (secondary N) is 1. The number of benzene rings is 1. The predicted octanol–water partition coefficient (Wildman–Crippen LogP) is 3.48. The lowest BCUT2D eigenvalue weighted by atomic mass is 9.87. The summed E-state index contributed by atoms with van der Waals surface area (Å²) in [7, 11) is 0. The average Bonchev–Trinajstić information content (AvgIpc) is 2.49. The Balaban J connectivity index is 2.89. The van der Waals surface area contributed by atoms with Crippen molar-refractivity contribution in [2.24, 2.45) is 5.41 Å². The number of halogens is 4. The summed E-state index contributed by atoms with van der Waals surface area (Å²) in [6, 6.07) is 4.29. The van der Waals surface area contributed by atoms with Gasteiger partial charge < -0.3 is 19.9 Å². The first kappa shape index (κ1) is 22.2. The number of hydrogen-bond donors (Lipinski definition) is 2. The molecule has 0 aliphatic heterocycles. The average molecular weight is 381 g/mol. The first-order valence-corrected chi connectivity index (χ1v) is 7.91. The van der Waals surface area contributed by atoms with Crippen molar-refractivity contribution in [3.8, 4) is 5.75 Å². The third kappa shape index (κ3) is 8.01. The first-order chi connectivity index (χ1) is 12.0. The standard InChI is InChI=1S/C17H23F4NO4/c1-17(2,3)13(23)8-14(24)22-12(9-25-15(18)19)10-5-4-6-11(7-10)26-16(20)21/h4-7,12-13,15-16,23H,8-9H2,1-3H3,(H,22,24)/t12-,13?/m0/s1. The van der Waals surface area contributed by atoms with Crippen LogP contribution in [0.25, 0.3) is 0 Å². The Morgan fingerprint density at radius 3 is 2.38 bits per heavy atom. The van der Waals surface area contributed by atoms with E-state index < -0.39 is 43.3 Å². The molecular formula is C17H23F4NO4. The largest absolute Gasteiger partial charge is 0.435 e. The molecule has 1 aromatic rings. The van der Waals surface area contributed by atoms with Crippen molar-refractivity contribution < 1.29 is 36.9 Å². The van der Waals surface area contributed by atoms with E-state index in [2.05, 4.69) is 14.8 Å². The quantitative estimate of drug-likeness (QED) is 0.643. The lowest BCUT2D eigenvalue weighted by molar-refractivity contribution is -0.140. The van der Waals surface area contributed by atoms with Crippen molar-refractivity contribution in [2.45, 2.75) is 52.6 Å². The molecule has 9 heteroatoms. The van der Waals surface area contributed by atoms with Crippen LogP contribution in [0.1, 0.15) is 38.8 Å². The summed E-state index contributed by atoms with van der Waals surface area (Å²) in [4.78, 5) is 12.1. The van der Waals surface area contributed by atoms with Gasteiger partial charge in [-0.05, 0) is 23.1 Å². The second-order valence-electron chi connectivity index (χ2n) is 6.75. The molecule has 1 amide bonds. The van der Waals surface area contributed by atoms with E-state index in [-0.39, 0.29) is 17.7 Å². The van der Waals surface area contributed by atoms with Gasteiger partial charge in [0.05, 0.1) is 25.2 Å². The Kier molecular flexibility index (Phi) is 8.29. The van der Waals surface area contributed by atoms with E-state index in [1.807, 2.05) is 0 Å². The van der Waals surface area contributed by atoms with Gasteiger partial charge in [0.2, 0.25) is 5.91 Å². The SMILES string of the molecule is CC(C)(C)C(O)CC(=O)N[C@@H](COC(F)F)c1cccc(OC(F)F)c1. The van der Waals surface area contributed by atoms with E-state index in [4.69, 9.17) is 0 Å². The minimum absolute atomic E-state index is 0.177. The fourth-order valence-corrected chi connectivity index (χ4v) is 2.03. The van der Waals surface area contributed by atoms with Gasteiger partial charge in [-0.1, -0.05) is 32.9 Å². The summed E-state index contributed by atoms with van der Waals surface area (Å²) in [6.45, 7) is -1.45. The maximum atomic E-state index is 12.4. The van der Waals surface area contributed by atoms with Crippen LogP contribution in [-0.2, 0) is 9.53 Å². The molecule has 0 fully saturated rings. The fraction of sp³-hybridized carbons (Fsp3) is 0.588. The molecule has 1 aromatic carbocycles. The number of alkyl halides is 4. The van der Waals surface area contributed by atoms with E-state index >= 15 is 0 Å². The second kappa shape index (κ2) is 9.72. The molecular weight excluding hydrogens is 358 g/mol. The van der Waals surface area contributed by atoms with Crippen LogP contribution in [0.3, 0.4) is 0 Å². The minimum atomic E-state index is -3.06. The molecule has 0 spiro atoms. The van der Waals surface area contributed by atoms with Crippen molar-refractivity contribution in [3.05, 3.63) is 29.8 Å². The summed E-state index contributed by atoms with van der Waals surface area (Å²) in [5.74, 6) is -0.765. The van der Waals surface area contributed by atoms with Crippen molar-refractivity contribution in [2.75, 3.05) is 6.61 Å². The topological polar surface area (TPSA) is 67.8 Å².